The fourth-order valence-electron chi connectivity index (χ4n) is 1.67. The molecule has 0 aliphatic heterocycles. The van der Waals surface area contributed by atoms with Gasteiger partial charge in [0.15, 0.2) is 0 Å². The van der Waals surface area contributed by atoms with E-state index in [0.29, 0.717) is 19.6 Å². The van der Waals surface area contributed by atoms with Crippen molar-refractivity contribution in [3.05, 3.63) is 24.3 Å². The first-order chi connectivity index (χ1) is 11.6. The second kappa shape index (κ2) is 21.4. The highest BCUT2D eigenvalue weighted by molar-refractivity contribution is 5.69. The van der Waals surface area contributed by atoms with Crippen LogP contribution < -0.4 is 0 Å². The minimum Gasteiger partial charge on any atom is -0.466 e. The van der Waals surface area contributed by atoms with Gasteiger partial charge in [-0.25, -0.2) is 0 Å². The summed E-state index contributed by atoms with van der Waals surface area (Å²) in [5.41, 5.74) is 0. The van der Waals surface area contributed by atoms with E-state index >= 15 is 0 Å². The Morgan fingerprint density at radius 2 is 1.33 bits per heavy atom. The van der Waals surface area contributed by atoms with Gasteiger partial charge in [0, 0.05) is 13.3 Å². The molecule has 0 spiro atoms. The molecule has 4 nitrogen and oxygen atoms in total. The van der Waals surface area contributed by atoms with Gasteiger partial charge >= 0.3 is 11.9 Å². The molecular weight excluding hydrogens is 304 g/mol. The minimum absolute atomic E-state index is 0.0525. The van der Waals surface area contributed by atoms with Gasteiger partial charge in [-0.05, 0) is 32.1 Å². The summed E-state index contributed by atoms with van der Waals surface area (Å²) >= 11 is 0. The molecule has 0 N–H and O–H groups in total. The maximum Gasteiger partial charge on any atom is 0.305 e. The molecule has 0 saturated heterocycles. The Morgan fingerprint density at radius 3 is 1.79 bits per heavy atom. The van der Waals surface area contributed by atoms with E-state index in [1.807, 2.05) is 6.08 Å². The van der Waals surface area contributed by atoms with Crippen molar-refractivity contribution in [2.45, 2.75) is 79.1 Å². The van der Waals surface area contributed by atoms with Crippen molar-refractivity contribution in [1.29, 1.82) is 0 Å². The van der Waals surface area contributed by atoms with Crippen LogP contribution in [0.25, 0.3) is 0 Å². The van der Waals surface area contributed by atoms with Crippen molar-refractivity contribution in [1.82, 2.24) is 0 Å². The first-order valence-corrected chi connectivity index (χ1v) is 9.17. The van der Waals surface area contributed by atoms with Crippen LogP contribution in [0, 0.1) is 0 Å². The maximum absolute atomic E-state index is 11.1. The van der Waals surface area contributed by atoms with Crippen molar-refractivity contribution in [2.24, 2.45) is 0 Å². The molecule has 0 unspecified atom stereocenters. The highest BCUT2D eigenvalue weighted by atomic mass is 16.5. The molecule has 0 amide bonds. The van der Waals surface area contributed by atoms with Crippen molar-refractivity contribution in [3.8, 4) is 0 Å². The molecule has 0 fully saturated rings. The van der Waals surface area contributed by atoms with Gasteiger partial charge < -0.3 is 9.47 Å². The highest BCUT2D eigenvalue weighted by Crippen LogP contribution is 2.00. The van der Waals surface area contributed by atoms with E-state index < -0.39 is 0 Å². The van der Waals surface area contributed by atoms with E-state index in [0.717, 1.165) is 44.9 Å². The summed E-state index contributed by atoms with van der Waals surface area (Å²) < 4.78 is 9.74. The van der Waals surface area contributed by atoms with Crippen LogP contribution in [0.2, 0.25) is 0 Å². The average Bonchev–Trinajstić information content (AvgIpc) is 2.55. The smallest absolute Gasteiger partial charge is 0.305 e. The molecule has 24 heavy (non-hydrogen) atoms. The Labute approximate surface area is 148 Å². The summed E-state index contributed by atoms with van der Waals surface area (Å²) in [5, 5.41) is 0. The van der Waals surface area contributed by atoms with Crippen molar-refractivity contribution in [3.63, 3.8) is 0 Å². The van der Waals surface area contributed by atoms with Gasteiger partial charge in [-0.15, -0.1) is 0 Å². The Balaban J connectivity index is 0. The number of esters is 2. The summed E-state index contributed by atoms with van der Waals surface area (Å²) in [6, 6.07) is 0. The third-order valence-corrected chi connectivity index (χ3v) is 2.93. The summed E-state index contributed by atoms with van der Waals surface area (Å²) in [6.07, 6.45) is 15.8. The van der Waals surface area contributed by atoms with Crippen LogP contribution in [-0.2, 0) is 19.1 Å². The SMILES string of the molecule is CC/C=C\CCOC(=O)CCCCC.CC/C=C\CCOC(C)=O. The Kier molecular flexibility index (Phi) is 22.0. The van der Waals surface area contributed by atoms with Crippen LogP contribution in [0.3, 0.4) is 0 Å². The first kappa shape index (κ1) is 24.7. The zero-order chi connectivity index (χ0) is 18.5. The number of ether oxygens (including phenoxy) is 2. The van der Waals surface area contributed by atoms with Gasteiger partial charge in [0.05, 0.1) is 13.2 Å². The fourth-order valence-corrected chi connectivity index (χ4v) is 1.67. The number of rotatable bonds is 12. The zero-order valence-corrected chi connectivity index (χ0v) is 16.0. The number of unbranched alkanes of at least 4 members (excludes halogenated alkanes) is 2. The molecule has 0 saturated carbocycles. The lowest BCUT2D eigenvalue weighted by Gasteiger charge is -2.01. The Hall–Kier alpha value is -1.58. The number of hydrogen-bond acceptors (Lipinski definition) is 4. The lowest BCUT2D eigenvalue weighted by molar-refractivity contribution is -0.143. The molecule has 0 aromatic heterocycles. The molecule has 0 radical (unpaired) electrons. The van der Waals surface area contributed by atoms with Crippen LogP contribution in [0.15, 0.2) is 24.3 Å². The molecule has 0 rings (SSSR count). The molecule has 0 bridgehead atoms. The quantitative estimate of drug-likeness (QED) is 0.272. The monoisotopic (exact) mass is 340 g/mol. The number of hydrogen-bond donors (Lipinski definition) is 0. The van der Waals surface area contributed by atoms with Crippen LogP contribution in [0.4, 0.5) is 0 Å². The molecule has 0 aromatic rings. The van der Waals surface area contributed by atoms with Crippen LogP contribution in [0.5, 0.6) is 0 Å². The van der Waals surface area contributed by atoms with Gasteiger partial charge in [-0.3, -0.25) is 9.59 Å². The Bertz CT molecular complexity index is 346. The topological polar surface area (TPSA) is 52.6 Å². The number of carbonyl (C=O) groups is 2. The summed E-state index contributed by atoms with van der Waals surface area (Å²) in [7, 11) is 0. The van der Waals surface area contributed by atoms with Gasteiger partial charge in [-0.2, -0.15) is 0 Å². The average molecular weight is 341 g/mol. The van der Waals surface area contributed by atoms with E-state index in [-0.39, 0.29) is 11.9 Å². The van der Waals surface area contributed by atoms with Gasteiger partial charge in [0.2, 0.25) is 0 Å². The van der Waals surface area contributed by atoms with Crippen LogP contribution in [0.1, 0.15) is 79.1 Å². The summed E-state index contributed by atoms with van der Waals surface area (Å²) in [4.78, 5) is 21.3. The fraction of sp³-hybridized carbons (Fsp3) is 0.700. The molecule has 0 aromatic carbocycles. The van der Waals surface area contributed by atoms with E-state index in [1.165, 1.54) is 6.92 Å². The number of allylic oxidation sites excluding steroid dienone is 2. The normalized spacial score (nSPS) is 10.5. The lowest BCUT2D eigenvalue weighted by atomic mass is 10.2. The second-order valence-corrected chi connectivity index (χ2v) is 5.35. The predicted octanol–water partition coefficient (Wildman–Crippen LogP) is 5.37. The first-order valence-electron chi connectivity index (χ1n) is 9.17. The predicted molar refractivity (Wildman–Crippen MR) is 99.8 cm³/mol. The zero-order valence-electron chi connectivity index (χ0n) is 16.0. The standard InChI is InChI=1S/C12H22O2.C8H14O2/c1-3-5-7-9-11-14-12(13)10-8-6-4-2;1-3-4-5-6-7-10-8(2)9/h5,7H,3-4,6,8-11H2,1-2H3;4-5H,3,6-7H2,1-2H3/b7-5-;5-4-. The number of carbonyl (C=O) groups excluding carboxylic acids is 2. The van der Waals surface area contributed by atoms with E-state index in [9.17, 15) is 9.59 Å². The third kappa shape index (κ3) is 25.4. The highest BCUT2D eigenvalue weighted by Gasteiger charge is 2.00. The molecule has 140 valence electrons. The van der Waals surface area contributed by atoms with E-state index in [4.69, 9.17) is 9.47 Å². The molecular formula is C20H36O4. The minimum atomic E-state index is -0.204. The van der Waals surface area contributed by atoms with Gasteiger partial charge in [-0.1, -0.05) is 57.9 Å². The summed E-state index contributed by atoms with van der Waals surface area (Å²) in [5.74, 6) is -0.256. The molecule has 4 heteroatoms. The lowest BCUT2D eigenvalue weighted by Crippen LogP contribution is -2.04. The molecule has 0 heterocycles. The molecule has 0 aliphatic carbocycles. The van der Waals surface area contributed by atoms with E-state index in [1.54, 1.807) is 0 Å². The van der Waals surface area contributed by atoms with Gasteiger partial charge in [0.25, 0.3) is 0 Å². The maximum atomic E-state index is 11.1. The summed E-state index contributed by atoms with van der Waals surface area (Å²) in [6.45, 7) is 8.74. The van der Waals surface area contributed by atoms with Crippen molar-refractivity contribution in [2.75, 3.05) is 13.2 Å². The second-order valence-electron chi connectivity index (χ2n) is 5.35. The largest absolute Gasteiger partial charge is 0.466 e. The van der Waals surface area contributed by atoms with E-state index in [2.05, 4.69) is 39.0 Å². The van der Waals surface area contributed by atoms with Crippen LogP contribution >= 0.6 is 0 Å². The van der Waals surface area contributed by atoms with Crippen molar-refractivity contribution < 1.29 is 19.1 Å². The van der Waals surface area contributed by atoms with Crippen molar-refractivity contribution >= 4 is 11.9 Å². The molecule has 0 atom stereocenters. The Morgan fingerprint density at radius 1 is 0.792 bits per heavy atom. The molecule has 0 aliphatic rings. The van der Waals surface area contributed by atoms with Gasteiger partial charge in [0.1, 0.15) is 0 Å². The third-order valence-electron chi connectivity index (χ3n) is 2.93. The van der Waals surface area contributed by atoms with Crippen LogP contribution in [-0.4, -0.2) is 25.2 Å².